The van der Waals surface area contributed by atoms with Crippen molar-refractivity contribution in [3.8, 4) is 28.7 Å². The van der Waals surface area contributed by atoms with Crippen LogP contribution in [0.15, 0.2) is 24.3 Å². The zero-order valence-electron chi connectivity index (χ0n) is 29.1. The van der Waals surface area contributed by atoms with E-state index in [0.717, 1.165) is 0 Å². The van der Waals surface area contributed by atoms with Gasteiger partial charge in [-0.25, -0.2) is 4.79 Å². The summed E-state index contributed by atoms with van der Waals surface area (Å²) in [4.78, 5) is 25.4. The summed E-state index contributed by atoms with van der Waals surface area (Å²) in [6.07, 6.45) is -16.8. The van der Waals surface area contributed by atoms with Gasteiger partial charge in [-0.1, -0.05) is 0 Å². The van der Waals surface area contributed by atoms with Gasteiger partial charge in [-0.3, -0.25) is 4.79 Å². The first-order chi connectivity index (χ1) is 25.9. The van der Waals surface area contributed by atoms with Gasteiger partial charge in [0.1, 0.15) is 42.7 Å². The van der Waals surface area contributed by atoms with Gasteiger partial charge in [0.25, 0.3) is 0 Å². The average molecular weight is 765 g/mol. The maximum absolute atomic E-state index is 13.7. The average Bonchev–Trinajstić information content (AvgIpc) is 3.79. The highest BCUT2D eigenvalue weighted by Crippen LogP contribution is 2.57. The minimum Gasteiger partial charge on any atom is -0.493 e. The Labute approximate surface area is 306 Å². The molecule has 0 spiro atoms. The van der Waals surface area contributed by atoms with E-state index < -0.39 is 103 Å². The lowest BCUT2D eigenvalue weighted by atomic mass is 9.66. The largest absolute Gasteiger partial charge is 0.493 e. The first-order valence-electron chi connectivity index (χ1n) is 17.3. The van der Waals surface area contributed by atoms with Crippen molar-refractivity contribution in [1.29, 1.82) is 0 Å². The van der Waals surface area contributed by atoms with Crippen molar-refractivity contribution in [1.82, 2.24) is 0 Å². The number of carbonyl (C=O) groups excluding carboxylic acids is 1. The second-order valence-electron chi connectivity index (χ2n) is 13.8. The van der Waals surface area contributed by atoms with Crippen LogP contribution >= 0.6 is 0 Å². The molecule has 54 heavy (non-hydrogen) atoms. The van der Waals surface area contributed by atoms with Crippen LogP contribution in [-0.4, -0.2) is 145 Å². The molecular weight excluding hydrogens is 724 g/mol. The van der Waals surface area contributed by atoms with E-state index in [0.29, 0.717) is 28.2 Å². The van der Waals surface area contributed by atoms with E-state index in [1.54, 1.807) is 31.2 Å². The fraction of sp³-hybridized carbons (Fsp3) is 0.600. The van der Waals surface area contributed by atoms with E-state index in [9.17, 15) is 40.2 Å². The summed E-state index contributed by atoms with van der Waals surface area (Å²) in [5, 5.41) is 62.9. The summed E-state index contributed by atoms with van der Waals surface area (Å²) >= 11 is 0. The van der Waals surface area contributed by atoms with E-state index in [4.69, 9.17) is 52.1 Å². The van der Waals surface area contributed by atoms with E-state index in [-0.39, 0.29) is 37.3 Å². The number of cyclic esters (lactones) is 1. The number of hydrogen-bond acceptors (Lipinski definition) is 18. The summed E-state index contributed by atoms with van der Waals surface area (Å²) < 4.78 is 63.5. The van der Waals surface area contributed by atoms with Crippen molar-refractivity contribution in [2.24, 2.45) is 11.8 Å². The lowest BCUT2D eigenvalue weighted by Crippen LogP contribution is -2.63. The second-order valence-corrected chi connectivity index (χ2v) is 13.8. The third kappa shape index (κ3) is 6.08. The SMILES string of the molecule is COc1cc(C2c3cc4c(cc3C(O[C@H]3O[C@H]5COC(C)O[C@@H]5C(O)C3O)[C@@H]3COC(=O)[C@H]23)OCO4)cc(OC)c1OC1OC(C(=O)O)C(O)C(O)C1O. The number of benzene rings is 2. The second kappa shape index (κ2) is 14.2. The monoisotopic (exact) mass is 764 g/mol. The molecule has 0 aromatic heterocycles. The van der Waals surface area contributed by atoms with Crippen LogP contribution in [0, 0.1) is 11.8 Å². The van der Waals surface area contributed by atoms with E-state index in [1.165, 1.54) is 14.2 Å². The molecule has 4 saturated heterocycles. The van der Waals surface area contributed by atoms with Gasteiger partial charge in [0.2, 0.25) is 18.8 Å². The molecule has 0 radical (unpaired) electrons. The molecule has 2 aromatic carbocycles. The number of ether oxygens (including phenoxy) is 11. The molecule has 10 unspecified atom stereocenters. The highest BCUT2D eigenvalue weighted by atomic mass is 16.8. The van der Waals surface area contributed by atoms with Crippen LogP contribution in [0.2, 0.25) is 0 Å². The molecular formula is C35H40O19. The molecule has 0 amide bonds. The summed E-state index contributed by atoms with van der Waals surface area (Å²) in [5.74, 6) is -3.73. The van der Waals surface area contributed by atoms with Gasteiger partial charge in [0, 0.05) is 11.8 Å². The van der Waals surface area contributed by atoms with Crippen molar-refractivity contribution < 1.29 is 92.3 Å². The normalized spacial score (nSPS) is 39.5. The third-order valence-corrected chi connectivity index (χ3v) is 10.8. The summed E-state index contributed by atoms with van der Waals surface area (Å²) in [7, 11) is 2.65. The van der Waals surface area contributed by atoms with Crippen LogP contribution in [0.4, 0.5) is 0 Å². The molecule has 2 aromatic rings. The maximum Gasteiger partial charge on any atom is 0.335 e. The first-order valence-corrected chi connectivity index (χ1v) is 17.3. The van der Waals surface area contributed by atoms with Crippen molar-refractivity contribution in [3.63, 3.8) is 0 Å². The third-order valence-electron chi connectivity index (χ3n) is 10.8. The number of aliphatic hydroxyl groups excluding tert-OH is 5. The van der Waals surface area contributed by atoms with Gasteiger partial charge < -0.3 is 82.7 Å². The lowest BCUT2D eigenvalue weighted by molar-refractivity contribution is -0.364. The molecule has 15 atom stereocenters. The van der Waals surface area contributed by atoms with Gasteiger partial charge in [-0.15, -0.1) is 0 Å². The van der Waals surface area contributed by atoms with Crippen molar-refractivity contribution in [2.75, 3.05) is 34.2 Å². The fourth-order valence-corrected chi connectivity index (χ4v) is 8.10. The van der Waals surface area contributed by atoms with Crippen molar-refractivity contribution >= 4 is 11.9 Å². The Balaban J connectivity index is 1.17. The number of carboxylic acid groups (broad SMARTS) is 1. The minimum atomic E-state index is -1.94. The molecule has 6 N–H and O–H groups in total. The van der Waals surface area contributed by atoms with Crippen LogP contribution < -0.4 is 23.7 Å². The number of aliphatic carboxylic acids is 1. The van der Waals surface area contributed by atoms with Crippen LogP contribution in [-0.2, 0) is 38.0 Å². The van der Waals surface area contributed by atoms with Crippen LogP contribution in [0.25, 0.3) is 0 Å². The summed E-state index contributed by atoms with van der Waals surface area (Å²) in [6, 6.07) is 6.57. The maximum atomic E-state index is 13.7. The predicted octanol–water partition coefficient (Wildman–Crippen LogP) is -1.10. The molecule has 0 saturated carbocycles. The number of carboxylic acids is 1. The number of rotatable bonds is 8. The fourth-order valence-electron chi connectivity index (χ4n) is 8.10. The Morgan fingerprint density at radius 3 is 2.11 bits per heavy atom. The molecule has 5 aliphatic heterocycles. The molecule has 0 bridgehead atoms. The van der Waals surface area contributed by atoms with Crippen LogP contribution in [0.3, 0.4) is 0 Å². The quantitative estimate of drug-likeness (QED) is 0.175. The van der Waals surface area contributed by atoms with Crippen LogP contribution in [0.5, 0.6) is 28.7 Å². The number of aliphatic hydroxyl groups is 5. The lowest BCUT2D eigenvalue weighted by Gasteiger charge is -2.47. The van der Waals surface area contributed by atoms with Crippen LogP contribution in [0.1, 0.15) is 35.6 Å². The standard InChI is InChI=1S/C35H40O19/c1-11-46-9-20-30(50-11)25(38)27(40)34(51-20)52-28-14-7-17-16(48-10-49-17)6-13(14)21(22-15(28)8-47-33(22)43)12-4-18(44-2)29(19(5-12)45-3)53-35-26(39)23(36)24(37)31(54-35)32(41)42/h4-7,11,15,20-28,30-31,34-40H,8-10H2,1-3H3,(H,41,42)/t11?,15-,20+,21?,22+,23?,24?,25?,26?,27?,28?,30+,31?,34-,35?/m1/s1. The van der Waals surface area contributed by atoms with Gasteiger partial charge in [0.05, 0.1) is 39.5 Å². The topological polar surface area (TPSA) is 257 Å². The zero-order chi connectivity index (χ0) is 38.2. The highest BCUT2D eigenvalue weighted by molar-refractivity contribution is 5.79. The zero-order valence-corrected chi connectivity index (χ0v) is 29.1. The number of methoxy groups -OCH3 is 2. The molecule has 19 heteroatoms. The minimum absolute atomic E-state index is 0.0183. The Morgan fingerprint density at radius 1 is 0.778 bits per heavy atom. The van der Waals surface area contributed by atoms with Gasteiger partial charge in [0.15, 0.2) is 41.7 Å². The van der Waals surface area contributed by atoms with E-state index in [1.807, 2.05) is 0 Å². The van der Waals surface area contributed by atoms with Gasteiger partial charge in [-0.2, -0.15) is 0 Å². The Kier molecular flexibility index (Phi) is 9.74. The van der Waals surface area contributed by atoms with Gasteiger partial charge in [-0.05, 0) is 47.9 Å². The molecule has 19 nitrogen and oxygen atoms in total. The van der Waals surface area contributed by atoms with E-state index >= 15 is 0 Å². The van der Waals surface area contributed by atoms with Crippen molar-refractivity contribution in [2.45, 2.75) is 86.6 Å². The summed E-state index contributed by atoms with van der Waals surface area (Å²) in [5.41, 5.74) is 1.60. The Bertz CT molecular complexity index is 1740. The molecule has 5 heterocycles. The smallest absolute Gasteiger partial charge is 0.335 e. The number of esters is 1. The van der Waals surface area contributed by atoms with Crippen molar-refractivity contribution in [3.05, 3.63) is 41.0 Å². The van der Waals surface area contributed by atoms with E-state index in [2.05, 4.69) is 0 Å². The summed E-state index contributed by atoms with van der Waals surface area (Å²) in [6.45, 7) is 1.64. The molecule has 6 aliphatic rings. The predicted molar refractivity (Wildman–Crippen MR) is 172 cm³/mol. The number of hydrogen-bond donors (Lipinski definition) is 6. The first kappa shape index (κ1) is 36.9. The van der Waals surface area contributed by atoms with Gasteiger partial charge >= 0.3 is 11.9 Å². The molecule has 294 valence electrons. The molecule has 4 fully saturated rings. The Morgan fingerprint density at radius 2 is 1.44 bits per heavy atom. The molecule has 8 rings (SSSR count). The number of fused-ring (bicyclic) bond motifs is 4. The Hall–Kier alpha value is -4.02. The number of carbonyl (C=O) groups is 2. The molecule has 1 aliphatic carbocycles. The highest BCUT2D eigenvalue weighted by Gasteiger charge is 2.56.